The van der Waals surface area contributed by atoms with Gasteiger partial charge in [-0.1, -0.05) is 64.1 Å². The van der Waals surface area contributed by atoms with Gasteiger partial charge in [0.05, 0.1) is 0 Å². The third-order valence-corrected chi connectivity index (χ3v) is 15.4. The molecule has 0 amide bonds. The molecule has 167 valence electrons. The summed E-state index contributed by atoms with van der Waals surface area (Å²) in [4.78, 5) is 0. The van der Waals surface area contributed by atoms with Crippen LogP contribution in [0.2, 0.25) is 13.3 Å². The number of benzene rings is 1. The van der Waals surface area contributed by atoms with Crippen molar-refractivity contribution in [3.05, 3.63) is 41.5 Å². The Labute approximate surface area is 193 Å². The van der Waals surface area contributed by atoms with Gasteiger partial charge < -0.3 is 0 Å². The van der Waals surface area contributed by atoms with Crippen LogP contribution in [0.4, 0.5) is 0 Å². The van der Waals surface area contributed by atoms with Crippen LogP contribution in [0.15, 0.2) is 30.3 Å². The standard InChI is InChI=1S/C9H8.C6H15P.3C4H9.Sn/c1-2-5-9-7-3-6-8(9)4-1;1-5(2)7-6(3)4;3*1-3-4-2;/h1-6H,7H2;5-7H,1-4H3;3*1,3-4H2,2H3;. The van der Waals surface area contributed by atoms with Gasteiger partial charge in [0.2, 0.25) is 0 Å². The molecule has 1 aromatic carbocycles. The first kappa shape index (κ1) is 29.2. The van der Waals surface area contributed by atoms with Crippen molar-refractivity contribution < 1.29 is 0 Å². The van der Waals surface area contributed by atoms with E-state index < -0.39 is 19.8 Å². The van der Waals surface area contributed by atoms with Crippen LogP contribution in [0.3, 0.4) is 0 Å². The van der Waals surface area contributed by atoms with Crippen molar-refractivity contribution in [2.75, 3.05) is 0 Å². The van der Waals surface area contributed by atoms with Gasteiger partial charge in [-0.15, -0.1) is 8.58 Å². The van der Waals surface area contributed by atoms with Gasteiger partial charge in [0.25, 0.3) is 0 Å². The number of fused-ring (bicyclic) bond motifs is 1. The molecular weight excluding hydrogens is 474 g/mol. The number of rotatable bonds is 11. The summed E-state index contributed by atoms with van der Waals surface area (Å²) in [6.45, 7) is 16.1. The normalized spacial score (nSPS) is 11.9. The quantitative estimate of drug-likeness (QED) is 0.200. The zero-order chi connectivity index (χ0) is 21.9. The predicted octanol–water partition coefficient (Wildman–Crippen LogP) is 9.62. The van der Waals surface area contributed by atoms with E-state index in [1.807, 2.05) is 0 Å². The fourth-order valence-electron chi connectivity index (χ4n) is 3.52. The molecule has 0 spiro atoms. The molecule has 0 bridgehead atoms. The molecule has 1 radical (unpaired) electrons. The fourth-order valence-corrected chi connectivity index (χ4v) is 14.3. The van der Waals surface area contributed by atoms with Crippen LogP contribution in [0.25, 0.3) is 6.08 Å². The number of hydrogen-bond acceptors (Lipinski definition) is 0. The Hall–Kier alpha value is 0.189. The van der Waals surface area contributed by atoms with Gasteiger partial charge in [0.1, 0.15) is 0 Å². The van der Waals surface area contributed by atoms with Crippen LogP contribution >= 0.6 is 8.58 Å². The molecule has 0 fully saturated rings. The van der Waals surface area contributed by atoms with Crippen LogP contribution < -0.4 is 0 Å². The van der Waals surface area contributed by atoms with E-state index in [0.29, 0.717) is 0 Å². The van der Waals surface area contributed by atoms with E-state index in [2.05, 4.69) is 84.9 Å². The molecule has 2 rings (SSSR count). The summed E-state index contributed by atoms with van der Waals surface area (Å²) in [7, 11) is 1.15. The molecular formula is C27H50PSn. The van der Waals surface area contributed by atoms with Crippen LogP contribution in [0.5, 0.6) is 0 Å². The van der Waals surface area contributed by atoms with E-state index in [4.69, 9.17) is 0 Å². The van der Waals surface area contributed by atoms with Gasteiger partial charge in [-0.3, -0.25) is 0 Å². The minimum absolute atomic E-state index is 0.839. The van der Waals surface area contributed by atoms with Crippen molar-refractivity contribution in [3.8, 4) is 0 Å². The minimum atomic E-state index is -0.839. The monoisotopic (exact) mass is 525 g/mol. The zero-order valence-corrected chi connectivity index (χ0v) is 24.5. The zero-order valence-electron chi connectivity index (χ0n) is 20.7. The molecule has 1 aliphatic carbocycles. The Morgan fingerprint density at radius 3 is 1.66 bits per heavy atom. The van der Waals surface area contributed by atoms with Gasteiger partial charge in [0.15, 0.2) is 0 Å². The molecule has 29 heavy (non-hydrogen) atoms. The molecule has 2 heteroatoms. The molecule has 0 aliphatic heterocycles. The van der Waals surface area contributed by atoms with Gasteiger partial charge in [-0.05, 0) is 28.9 Å². The molecule has 0 heterocycles. The topological polar surface area (TPSA) is 0 Å². The first-order chi connectivity index (χ1) is 13.9. The first-order valence-corrected chi connectivity index (χ1v) is 19.5. The summed E-state index contributed by atoms with van der Waals surface area (Å²) < 4.78 is 5.04. The van der Waals surface area contributed by atoms with Crippen molar-refractivity contribution in [1.29, 1.82) is 0 Å². The Bertz CT molecular complexity index is 482. The van der Waals surface area contributed by atoms with Crippen LogP contribution in [-0.2, 0) is 6.42 Å². The van der Waals surface area contributed by atoms with E-state index in [-0.39, 0.29) is 0 Å². The summed E-state index contributed by atoms with van der Waals surface area (Å²) in [5, 5.41) is 0. The van der Waals surface area contributed by atoms with Crippen LogP contribution in [0.1, 0.15) is 98.1 Å². The Kier molecular flexibility index (Phi) is 20.2. The summed E-state index contributed by atoms with van der Waals surface area (Å²) in [5.41, 5.74) is 4.65. The SMILES string of the molecule is C1=Cc2ccccc2C1.CC(C)PC(C)C.CCC[CH2][Sn]([CH2]CCC)[CH2]CCC. The van der Waals surface area contributed by atoms with E-state index >= 15 is 0 Å². The van der Waals surface area contributed by atoms with E-state index in [1.165, 1.54) is 49.7 Å². The summed E-state index contributed by atoms with van der Waals surface area (Å²) in [6, 6.07) is 8.49. The summed E-state index contributed by atoms with van der Waals surface area (Å²) >= 11 is -0.839. The Morgan fingerprint density at radius 1 is 0.793 bits per heavy atom. The number of hydrogen-bond donors (Lipinski definition) is 0. The fraction of sp³-hybridized carbons (Fsp3) is 0.704. The van der Waals surface area contributed by atoms with E-state index in [0.717, 1.165) is 26.3 Å². The molecule has 0 N–H and O–H groups in total. The second-order valence-electron chi connectivity index (χ2n) is 8.84. The van der Waals surface area contributed by atoms with Crippen LogP contribution in [0, 0.1) is 0 Å². The number of unbranched alkanes of at least 4 members (excludes halogenated alkanes) is 3. The number of allylic oxidation sites excluding steroid dienone is 1. The molecule has 0 unspecified atom stereocenters. The van der Waals surface area contributed by atoms with Crippen molar-refractivity contribution in [2.45, 2.75) is 118 Å². The van der Waals surface area contributed by atoms with Gasteiger partial charge >= 0.3 is 92.4 Å². The predicted molar refractivity (Wildman–Crippen MR) is 143 cm³/mol. The van der Waals surface area contributed by atoms with Gasteiger partial charge in [-0.2, -0.15) is 0 Å². The van der Waals surface area contributed by atoms with Gasteiger partial charge in [-0.25, -0.2) is 0 Å². The maximum atomic E-state index is 2.33. The average Bonchev–Trinajstić information content (AvgIpc) is 3.16. The van der Waals surface area contributed by atoms with Crippen molar-refractivity contribution in [3.63, 3.8) is 0 Å². The third-order valence-electron chi connectivity index (χ3n) is 5.01. The second kappa shape index (κ2) is 20.1. The summed E-state index contributed by atoms with van der Waals surface area (Å²) in [5.74, 6) is 0. The maximum absolute atomic E-state index is 2.33. The molecule has 0 saturated carbocycles. The molecule has 0 saturated heterocycles. The molecule has 1 aromatic rings. The summed E-state index contributed by atoms with van der Waals surface area (Å²) in [6.07, 6.45) is 14.3. The van der Waals surface area contributed by atoms with Crippen LogP contribution in [-0.4, -0.2) is 31.1 Å². The van der Waals surface area contributed by atoms with Crippen molar-refractivity contribution >= 4 is 34.4 Å². The Balaban J connectivity index is 0.000000426. The van der Waals surface area contributed by atoms with E-state index in [1.54, 1.807) is 13.3 Å². The molecule has 0 atom stereocenters. The Morgan fingerprint density at radius 2 is 1.28 bits per heavy atom. The average molecular weight is 524 g/mol. The van der Waals surface area contributed by atoms with E-state index in [9.17, 15) is 0 Å². The third kappa shape index (κ3) is 17.6. The van der Waals surface area contributed by atoms with Crippen molar-refractivity contribution in [1.82, 2.24) is 0 Å². The van der Waals surface area contributed by atoms with Crippen molar-refractivity contribution in [2.24, 2.45) is 0 Å². The first-order valence-electron chi connectivity index (χ1n) is 12.3. The molecule has 0 aromatic heterocycles. The molecule has 1 aliphatic rings. The second-order valence-corrected chi connectivity index (χ2v) is 20.0. The molecule has 0 nitrogen and oxygen atoms in total. The van der Waals surface area contributed by atoms with Gasteiger partial charge in [0, 0.05) is 0 Å².